The maximum absolute atomic E-state index is 12.4. The zero-order valence-corrected chi connectivity index (χ0v) is 16.8. The third-order valence-electron chi connectivity index (χ3n) is 3.91. The smallest absolute Gasteiger partial charge is 0.257 e. The molecule has 0 unspecified atom stereocenters. The van der Waals surface area contributed by atoms with Crippen LogP contribution in [-0.4, -0.2) is 23.0 Å². The average Bonchev–Trinajstić information content (AvgIpc) is 2.61. The fraction of sp³-hybridized carbons (Fsp3) is 0.286. The van der Waals surface area contributed by atoms with E-state index in [9.17, 15) is 9.59 Å². The summed E-state index contributed by atoms with van der Waals surface area (Å²) in [4.78, 5) is 24.7. The van der Waals surface area contributed by atoms with Crippen LogP contribution in [0.4, 0.5) is 5.69 Å². The second-order valence-electron chi connectivity index (χ2n) is 6.86. The highest BCUT2D eigenvalue weighted by atomic mass is 32.1. The van der Waals surface area contributed by atoms with Gasteiger partial charge in [0.2, 0.25) is 0 Å². The largest absolute Gasteiger partial charge is 0.350 e. The van der Waals surface area contributed by atoms with E-state index in [0.29, 0.717) is 22.7 Å². The van der Waals surface area contributed by atoms with Crippen molar-refractivity contribution in [2.75, 3.05) is 5.32 Å². The van der Waals surface area contributed by atoms with E-state index in [2.05, 4.69) is 29.8 Å². The predicted molar refractivity (Wildman–Crippen MR) is 113 cm³/mol. The first-order valence-electron chi connectivity index (χ1n) is 8.90. The molecule has 2 aromatic carbocycles. The molecule has 6 heteroatoms. The van der Waals surface area contributed by atoms with Gasteiger partial charge in [0.1, 0.15) is 0 Å². The Kier molecular flexibility index (Phi) is 7.07. The van der Waals surface area contributed by atoms with E-state index in [-0.39, 0.29) is 23.0 Å². The molecule has 0 aliphatic carbocycles. The van der Waals surface area contributed by atoms with Crippen molar-refractivity contribution in [1.82, 2.24) is 10.6 Å². The Morgan fingerprint density at radius 1 is 0.889 bits per heavy atom. The molecule has 0 atom stereocenters. The number of anilines is 1. The number of benzene rings is 2. The van der Waals surface area contributed by atoms with Crippen LogP contribution in [0.25, 0.3) is 0 Å². The number of hydrogen-bond acceptors (Lipinski definition) is 3. The summed E-state index contributed by atoms with van der Waals surface area (Å²) in [5.74, 6) is -0.100. The second-order valence-corrected chi connectivity index (χ2v) is 7.27. The van der Waals surface area contributed by atoms with Gasteiger partial charge in [0.05, 0.1) is 11.3 Å². The van der Waals surface area contributed by atoms with Gasteiger partial charge in [-0.15, -0.1) is 0 Å². The van der Waals surface area contributed by atoms with E-state index in [1.54, 1.807) is 36.4 Å². The van der Waals surface area contributed by atoms with Crippen molar-refractivity contribution in [2.24, 2.45) is 0 Å². The fourth-order valence-electron chi connectivity index (χ4n) is 2.48. The van der Waals surface area contributed by atoms with Crippen molar-refractivity contribution in [2.45, 2.75) is 39.7 Å². The minimum absolute atomic E-state index is 0.0195. The number of hydrogen-bond donors (Lipinski definition) is 3. The Hall–Kier alpha value is -2.73. The highest BCUT2D eigenvalue weighted by Gasteiger charge is 2.14. The summed E-state index contributed by atoms with van der Waals surface area (Å²) in [7, 11) is 0. The van der Waals surface area contributed by atoms with E-state index in [4.69, 9.17) is 12.2 Å². The van der Waals surface area contributed by atoms with Gasteiger partial charge in [-0.1, -0.05) is 38.1 Å². The monoisotopic (exact) mass is 383 g/mol. The molecular formula is C21H25N3O2S. The van der Waals surface area contributed by atoms with E-state index >= 15 is 0 Å². The maximum atomic E-state index is 12.4. The highest BCUT2D eigenvalue weighted by Crippen LogP contribution is 2.16. The molecular weight excluding hydrogens is 358 g/mol. The number of rotatable bonds is 5. The molecule has 0 saturated heterocycles. The molecule has 5 nitrogen and oxygen atoms in total. The summed E-state index contributed by atoms with van der Waals surface area (Å²) >= 11 is 5.24. The van der Waals surface area contributed by atoms with Crippen LogP contribution in [0.3, 0.4) is 0 Å². The van der Waals surface area contributed by atoms with Crippen molar-refractivity contribution < 1.29 is 9.59 Å². The van der Waals surface area contributed by atoms with Gasteiger partial charge in [0.15, 0.2) is 5.11 Å². The predicted octanol–water partition coefficient (Wildman–Crippen LogP) is 4.08. The van der Waals surface area contributed by atoms with Gasteiger partial charge in [-0.3, -0.25) is 14.9 Å². The molecule has 2 amide bonds. The van der Waals surface area contributed by atoms with Crippen LogP contribution in [0.15, 0.2) is 48.5 Å². The Morgan fingerprint density at radius 3 is 2.11 bits per heavy atom. The van der Waals surface area contributed by atoms with Gasteiger partial charge in [0, 0.05) is 11.6 Å². The molecule has 2 aromatic rings. The van der Waals surface area contributed by atoms with Gasteiger partial charge in [-0.05, 0) is 61.8 Å². The minimum Gasteiger partial charge on any atom is -0.350 e. The minimum atomic E-state index is -0.299. The van der Waals surface area contributed by atoms with Crippen molar-refractivity contribution in [3.63, 3.8) is 0 Å². The summed E-state index contributed by atoms with van der Waals surface area (Å²) in [6.45, 7) is 7.98. The van der Waals surface area contributed by atoms with Gasteiger partial charge in [-0.25, -0.2) is 0 Å². The molecule has 0 heterocycles. The molecule has 27 heavy (non-hydrogen) atoms. The van der Waals surface area contributed by atoms with Crippen LogP contribution in [0.1, 0.15) is 59.9 Å². The van der Waals surface area contributed by atoms with Gasteiger partial charge < -0.3 is 10.6 Å². The molecule has 0 radical (unpaired) electrons. The van der Waals surface area contributed by atoms with Crippen LogP contribution in [0.2, 0.25) is 0 Å². The SMILES string of the molecule is CC(C)NC(=O)c1ccccc1NC(=S)NC(=O)c1ccc(C(C)C)cc1. The van der Waals surface area contributed by atoms with Gasteiger partial charge in [0.25, 0.3) is 11.8 Å². The molecule has 0 aliphatic rings. The lowest BCUT2D eigenvalue weighted by atomic mass is 10.0. The van der Waals surface area contributed by atoms with E-state index < -0.39 is 0 Å². The molecule has 0 aromatic heterocycles. The summed E-state index contributed by atoms with van der Waals surface area (Å²) < 4.78 is 0. The zero-order chi connectivity index (χ0) is 20.0. The Bertz CT molecular complexity index is 830. The Labute approximate surface area is 165 Å². The third-order valence-corrected chi connectivity index (χ3v) is 4.11. The Morgan fingerprint density at radius 2 is 1.52 bits per heavy atom. The molecule has 142 valence electrons. The lowest BCUT2D eigenvalue weighted by Crippen LogP contribution is -2.35. The molecule has 2 rings (SSSR count). The quantitative estimate of drug-likeness (QED) is 0.681. The number of para-hydroxylation sites is 1. The maximum Gasteiger partial charge on any atom is 0.257 e. The topological polar surface area (TPSA) is 70.2 Å². The van der Waals surface area contributed by atoms with Crippen molar-refractivity contribution in [1.29, 1.82) is 0 Å². The lowest BCUT2D eigenvalue weighted by Gasteiger charge is -2.15. The van der Waals surface area contributed by atoms with E-state index in [1.165, 1.54) is 0 Å². The highest BCUT2D eigenvalue weighted by molar-refractivity contribution is 7.80. The normalized spacial score (nSPS) is 10.6. The summed E-state index contributed by atoms with van der Waals surface area (Å²) in [5.41, 5.74) is 2.69. The zero-order valence-electron chi connectivity index (χ0n) is 16.0. The number of amides is 2. The molecule has 0 saturated carbocycles. The van der Waals surface area contributed by atoms with Gasteiger partial charge >= 0.3 is 0 Å². The van der Waals surface area contributed by atoms with E-state index in [1.807, 2.05) is 26.0 Å². The first-order chi connectivity index (χ1) is 12.8. The Balaban J connectivity index is 2.05. The first kappa shape index (κ1) is 20.6. The summed E-state index contributed by atoms with van der Waals surface area (Å²) in [6.07, 6.45) is 0. The van der Waals surface area contributed by atoms with Crippen molar-refractivity contribution in [3.8, 4) is 0 Å². The average molecular weight is 384 g/mol. The molecule has 0 spiro atoms. The standard InChI is InChI=1S/C21H25N3O2S/c1-13(2)15-9-11-16(12-10-15)19(25)24-21(27)23-18-8-6-5-7-17(18)20(26)22-14(3)4/h5-14H,1-4H3,(H,22,26)(H2,23,24,25,27). The first-order valence-corrected chi connectivity index (χ1v) is 9.31. The molecule has 0 bridgehead atoms. The number of thiocarbonyl (C=S) groups is 1. The van der Waals surface area contributed by atoms with Crippen LogP contribution in [0.5, 0.6) is 0 Å². The molecule has 0 fully saturated rings. The second kappa shape index (κ2) is 9.28. The molecule has 3 N–H and O–H groups in total. The summed E-state index contributed by atoms with van der Waals surface area (Å²) in [5, 5.41) is 8.56. The molecule has 0 aliphatic heterocycles. The summed E-state index contributed by atoms with van der Waals surface area (Å²) in [6, 6.07) is 14.4. The van der Waals surface area contributed by atoms with E-state index in [0.717, 1.165) is 5.56 Å². The van der Waals surface area contributed by atoms with Crippen molar-refractivity contribution in [3.05, 3.63) is 65.2 Å². The lowest BCUT2D eigenvalue weighted by molar-refractivity contribution is 0.0942. The number of nitrogens with one attached hydrogen (secondary N) is 3. The van der Waals surface area contributed by atoms with Crippen LogP contribution >= 0.6 is 12.2 Å². The third kappa shape index (κ3) is 5.89. The van der Waals surface area contributed by atoms with Crippen molar-refractivity contribution >= 4 is 34.8 Å². The fourth-order valence-corrected chi connectivity index (χ4v) is 2.68. The van der Waals surface area contributed by atoms with Crippen LogP contribution < -0.4 is 16.0 Å². The number of carbonyl (C=O) groups excluding carboxylic acids is 2. The van der Waals surface area contributed by atoms with Gasteiger partial charge in [-0.2, -0.15) is 0 Å². The van der Waals surface area contributed by atoms with Crippen LogP contribution in [-0.2, 0) is 0 Å². The van der Waals surface area contributed by atoms with Crippen LogP contribution in [0, 0.1) is 0 Å². The number of carbonyl (C=O) groups is 2.